The third-order valence-corrected chi connectivity index (χ3v) is 6.77. The number of hydrogen-bond acceptors (Lipinski definition) is 3. The van der Waals surface area contributed by atoms with Gasteiger partial charge in [-0.2, -0.15) is 0 Å². The molecule has 0 radical (unpaired) electrons. The molecular weight excluding hydrogens is 373 g/mol. The van der Waals surface area contributed by atoms with E-state index in [2.05, 4.69) is 66.7 Å². The fourth-order valence-electron chi connectivity index (χ4n) is 4.03. The molecule has 0 unspecified atom stereocenters. The van der Waals surface area contributed by atoms with Crippen LogP contribution < -0.4 is 10.4 Å². The number of carbonyl (C=O) groups is 1. The largest absolute Gasteiger partial charge is 0.494 e. The molecule has 4 rings (SSSR count). The van der Waals surface area contributed by atoms with Crippen LogP contribution in [0.4, 0.5) is 5.69 Å². The van der Waals surface area contributed by atoms with E-state index in [4.69, 9.17) is 9.31 Å². The van der Waals surface area contributed by atoms with Gasteiger partial charge in [-0.15, -0.1) is 0 Å². The third kappa shape index (κ3) is 3.59. The molecule has 0 atom stereocenters. The number of hydrogen-bond donors (Lipinski definition) is 0. The topological polar surface area (TPSA) is 38.8 Å². The first-order valence-corrected chi connectivity index (χ1v) is 10.8. The number of anilines is 1. The van der Waals surface area contributed by atoms with Gasteiger partial charge in [0.2, 0.25) is 0 Å². The van der Waals surface area contributed by atoms with Crippen molar-refractivity contribution in [2.75, 3.05) is 11.4 Å². The minimum absolute atomic E-state index is 0.0533. The first-order chi connectivity index (χ1) is 13.9. The van der Waals surface area contributed by atoms with Crippen LogP contribution in [0.3, 0.4) is 0 Å². The molecule has 1 amide bonds. The van der Waals surface area contributed by atoms with E-state index in [1.807, 2.05) is 29.2 Å². The fourth-order valence-corrected chi connectivity index (χ4v) is 4.03. The van der Waals surface area contributed by atoms with Crippen molar-refractivity contribution in [3.8, 4) is 0 Å². The van der Waals surface area contributed by atoms with Gasteiger partial charge in [0, 0.05) is 17.8 Å². The van der Waals surface area contributed by atoms with E-state index in [1.54, 1.807) is 0 Å². The van der Waals surface area contributed by atoms with Crippen LogP contribution in [0.5, 0.6) is 0 Å². The molecule has 0 spiro atoms. The van der Waals surface area contributed by atoms with Gasteiger partial charge < -0.3 is 14.2 Å². The van der Waals surface area contributed by atoms with Crippen LogP contribution in [0.25, 0.3) is 0 Å². The zero-order valence-electron chi connectivity index (χ0n) is 19.2. The molecule has 158 valence electrons. The number of benzene rings is 2. The Morgan fingerprint density at radius 2 is 1.57 bits per heavy atom. The molecule has 4 nitrogen and oxygen atoms in total. The van der Waals surface area contributed by atoms with Crippen LogP contribution in [0, 0.1) is 0 Å². The highest BCUT2D eigenvalue weighted by molar-refractivity contribution is 6.62. The van der Waals surface area contributed by atoms with Gasteiger partial charge in [-0.05, 0) is 74.3 Å². The summed E-state index contributed by atoms with van der Waals surface area (Å²) in [7, 11) is -0.380. The summed E-state index contributed by atoms with van der Waals surface area (Å²) in [5.41, 5.74) is 4.47. The van der Waals surface area contributed by atoms with Gasteiger partial charge in [0.05, 0.1) is 11.2 Å². The Balaban J connectivity index is 1.55. The van der Waals surface area contributed by atoms with E-state index in [0.717, 1.165) is 23.1 Å². The lowest BCUT2D eigenvalue weighted by Crippen LogP contribution is -2.41. The summed E-state index contributed by atoms with van der Waals surface area (Å²) in [6.07, 6.45) is 0.842. The number of rotatable bonds is 2. The summed E-state index contributed by atoms with van der Waals surface area (Å²) in [6.45, 7) is 15.5. The van der Waals surface area contributed by atoms with Gasteiger partial charge in [-0.25, -0.2) is 0 Å². The molecule has 1 saturated heterocycles. The molecule has 1 fully saturated rings. The van der Waals surface area contributed by atoms with E-state index in [1.165, 1.54) is 11.1 Å². The zero-order chi connectivity index (χ0) is 21.9. The summed E-state index contributed by atoms with van der Waals surface area (Å²) in [4.78, 5) is 15.0. The van der Waals surface area contributed by atoms with E-state index < -0.39 is 0 Å². The summed E-state index contributed by atoms with van der Waals surface area (Å²) in [5.74, 6) is 0.0533. The number of carbonyl (C=O) groups excluding carboxylic acids is 1. The summed E-state index contributed by atoms with van der Waals surface area (Å²) in [6, 6.07) is 14.2. The van der Waals surface area contributed by atoms with Gasteiger partial charge in [-0.1, -0.05) is 45.0 Å². The molecule has 0 aromatic heterocycles. The van der Waals surface area contributed by atoms with Crippen LogP contribution in [-0.2, 0) is 21.1 Å². The minimum atomic E-state index is -0.380. The lowest BCUT2D eigenvalue weighted by Gasteiger charge is -2.32. The quantitative estimate of drug-likeness (QED) is 0.692. The van der Waals surface area contributed by atoms with Crippen LogP contribution in [0.1, 0.15) is 70.0 Å². The molecule has 0 N–H and O–H groups in total. The summed E-state index contributed by atoms with van der Waals surface area (Å²) >= 11 is 0. The van der Waals surface area contributed by atoms with Crippen LogP contribution in [0.15, 0.2) is 42.5 Å². The lowest BCUT2D eigenvalue weighted by molar-refractivity contribution is 0.00578. The molecule has 2 heterocycles. The third-order valence-electron chi connectivity index (χ3n) is 6.77. The van der Waals surface area contributed by atoms with Gasteiger partial charge in [0.25, 0.3) is 5.91 Å². The van der Waals surface area contributed by atoms with Crippen molar-refractivity contribution in [1.29, 1.82) is 0 Å². The summed E-state index contributed by atoms with van der Waals surface area (Å²) < 4.78 is 12.4. The SMILES string of the molecule is CC(C)(C)c1ccc(C(=O)N2CCc3cc(B4OC(C)(C)C(C)(C)O4)ccc32)cc1. The summed E-state index contributed by atoms with van der Waals surface area (Å²) in [5, 5.41) is 0. The highest BCUT2D eigenvalue weighted by Crippen LogP contribution is 2.37. The smallest absolute Gasteiger partial charge is 0.399 e. The first kappa shape index (κ1) is 21.1. The maximum absolute atomic E-state index is 13.2. The molecule has 0 saturated carbocycles. The Bertz CT molecular complexity index is 957. The van der Waals surface area contributed by atoms with Crippen molar-refractivity contribution in [1.82, 2.24) is 0 Å². The Labute approximate surface area is 180 Å². The first-order valence-electron chi connectivity index (χ1n) is 10.8. The highest BCUT2D eigenvalue weighted by atomic mass is 16.7. The minimum Gasteiger partial charge on any atom is -0.399 e. The number of nitrogens with zero attached hydrogens (tertiary/aromatic N) is 1. The number of amides is 1. The average molecular weight is 405 g/mol. The second kappa shape index (κ2) is 6.96. The van der Waals surface area contributed by atoms with Crippen molar-refractivity contribution in [2.24, 2.45) is 0 Å². The average Bonchev–Trinajstić information content (AvgIpc) is 3.17. The van der Waals surface area contributed by atoms with E-state index in [-0.39, 0.29) is 29.6 Å². The van der Waals surface area contributed by atoms with Crippen molar-refractivity contribution in [2.45, 2.75) is 71.5 Å². The fraction of sp³-hybridized carbons (Fsp3) is 0.480. The van der Waals surface area contributed by atoms with Crippen LogP contribution in [-0.4, -0.2) is 30.8 Å². The van der Waals surface area contributed by atoms with E-state index in [0.29, 0.717) is 6.54 Å². The van der Waals surface area contributed by atoms with Crippen molar-refractivity contribution < 1.29 is 14.1 Å². The van der Waals surface area contributed by atoms with Crippen LogP contribution in [0.2, 0.25) is 0 Å². The van der Waals surface area contributed by atoms with Crippen molar-refractivity contribution in [3.05, 3.63) is 59.2 Å². The Morgan fingerprint density at radius 1 is 0.967 bits per heavy atom. The molecule has 5 heteroatoms. The maximum Gasteiger partial charge on any atom is 0.494 e. The van der Waals surface area contributed by atoms with Crippen molar-refractivity contribution >= 4 is 24.2 Å². The van der Waals surface area contributed by atoms with Crippen LogP contribution >= 0.6 is 0 Å². The zero-order valence-corrected chi connectivity index (χ0v) is 19.2. The molecule has 30 heavy (non-hydrogen) atoms. The molecule has 2 aromatic carbocycles. The molecule has 2 aliphatic rings. The van der Waals surface area contributed by atoms with Gasteiger partial charge in [-0.3, -0.25) is 4.79 Å². The van der Waals surface area contributed by atoms with Gasteiger partial charge in [0.1, 0.15) is 0 Å². The second-order valence-electron chi connectivity index (χ2n) is 10.5. The van der Waals surface area contributed by atoms with E-state index in [9.17, 15) is 4.79 Å². The Morgan fingerprint density at radius 3 is 2.13 bits per heavy atom. The molecular formula is C25H32BNO3. The predicted molar refractivity (Wildman–Crippen MR) is 123 cm³/mol. The van der Waals surface area contributed by atoms with Gasteiger partial charge >= 0.3 is 7.12 Å². The molecule has 2 aliphatic heterocycles. The van der Waals surface area contributed by atoms with Crippen molar-refractivity contribution in [3.63, 3.8) is 0 Å². The standard InChI is InChI=1S/C25H32BNO3/c1-23(2,3)19-10-8-17(9-11-19)22(28)27-15-14-18-16-20(12-13-21(18)27)26-29-24(4,5)25(6,7)30-26/h8-13,16H,14-15H2,1-7H3. The van der Waals surface area contributed by atoms with Gasteiger partial charge in [0.15, 0.2) is 0 Å². The second-order valence-corrected chi connectivity index (χ2v) is 10.5. The monoisotopic (exact) mass is 405 g/mol. The molecule has 0 aliphatic carbocycles. The maximum atomic E-state index is 13.2. The van der Waals surface area contributed by atoms with E-state index >= 15 is 0 Å². The normalized spacial score (nSPS) is 19.8. The highest BCUT2D eigenvalue weighted by Gasteiger charge is 2.51. The Hall–Kier alpha value is -2.11. The lowest BCUT2D eigenvalue weighted by atomic mass is 9.78. The molecule has 2 aromatic rings. The molecule has 0 bridgehead atoms. The predicted octanol–water partition coefficient (Wildman–Crippen LogP) is 4.49. The number of fused-ring (bicyclic) bond motifs is 1. The Kier molecular flexibility index (Phi) is 4.91.